The van der Waals surface area contributed by atoms with E-state index in [9.17, 15) is 4.21 Å². The predicted molar refractivity (Wildman–Crippen MR) is 40.6 cm³/mol. The van der Waals surface area contributed by atoms with Crippen LogP contribution in [0.2, 0.25) is 0 Å². The molecule has 0 aliphatic carbocycles. The first-order valence-electron chi connectivity index (χ1n) is 3.04. The molecule has 5 heteroatoms. The molecule has 0 radical (unpaired) electrons. The van der Waals surface area contributed by atoms with E-state index in [4.69, 9.17) is 0 Å². The molecule has 0 saturated carbocycles. The first-order chi connectivity index (χ1) is 5.38. The highest BCUT2D eigenvalue weighted by Crippen LogP contribution is 2.12. The molecule has 0 saturated heterocycles. The molecule has 1 aromatic heterocycles. The Morgan fingerprint density at radius 1 is 1.55 bits per heavy atom. The van der Waals surface area contributed by atoms with Gasteiger partial charge in [0.25, 0.3) is 0 Å². The lowest BCUT2D eigenvalue weighted by Crippen LogP contribution is -2.15. The molecule has 1 unspecified atom stereocenters. The molecular weight excluding hydrogens is 162 g/mol. The van der Waals surface area contributed by atoms with E-state index in [2.05, 4.69) is 14.9 Å². The Hall–Kier alpha value is -1.23. The number of hydrogen-bond donors (Lipinski definition) is 1. The zero-order valence-corrected chi connectivity index (χ0v) is 6.34. The average Bonchev–Trinajstić information content (AvgIpc) is 2.06. The van der Waals surface area contributed by atoms with Crippen molar-refractivity contribution in [3.05, 3.63) is 24.2 Å². The Morgan fingerprint density at radius 3 is 3.27 bits per heavy atom. The number of nitrogens with zero attached hydrogens (tertiary/aromatic N) is 2. The van der Waals surface area contributed by atoms with Gasteiger partial charge in [-0.3, -0.25) is 0 Å². The molecule has 2 heterocycles. The summed E-state index contributed by atoms with van der Waals surface area (Å²) >= 11 is 0. The van der Waals surface area contributed by atoms with Crippen molar-refractivity contribution >= 4 is 17.1 Å². The molecular formula is C6H5N3OS. The van der Waals surface area contributed by atoms with E-state index < -0.39 is 11.0 Å². The van der Waals surface area contributed by atoms with Gasteiger partial charge >= 0.3 is 0 Å². The highest BCUT2D eigenvalue weighted by atomic mass is 32.2. The highest BCUT2D eigenvalue weighted by molar-refractivity contribution is 7.83. The fourth-order valence-electron chi connectivity index (χ4n) is 0.842. The second-order valence-electron chi connectivity index (χ2n) is 2.00. The lowest BCUT2D eigenvalue weighted by atomic mass is 10.4. The molecule has 11 heavy (non-hydrogen) atoms. The molecule has 0 fully saturated rings. The Morgan fingerprint density at radius 2 is 2.45 bits per heavy atom. The lowest BCUT2D eigenvalue weighted by Gasteiger charge is -2.07. The summed E-state index contributed by atoms with van der Waals surface area (Å²) in [5.74, 6) is 0. The molecule has 1 atom stereocenters. The van der Waals surface area contributed by atoms with E-state index in [1.54, 1.807) is 18.3 Å². The first-order valence-corrected chi connectivity index (χ1v) is 4.19. The Balaban J connectivity index is 2.63. The van der Waals surface area contributed by atoms with Crippen LogP contribution in [-0.4, -0.2) is 14.4 Å². The SMILES string of the molecule is O=S1NC=Cc2nnccc21. The molecule has 0 spiro atoms. The van der Waals surface area contributed by atoms with E-state index >= 15 is 0 Å². The second-order valence-corrected chi connectivity index (χ2v) is 3.21. The van der Waals surface area contributed by atoms with Crippen LogP contribution in [0.5, 0.6) is 0 Å². The lowest BCUT2D eigenvalue weighted by molar-refractivity contribution is 0.678. The molecule has 0 amide bonds. The van der Waals surface area contributed by atoms with Crippen molar-refractivity contribution in [2.24, 2.45) is 0 Å². The van der Waals surface area contributed by atoms with Crippen molar-refractivity contribution in [1.29, 1.82) is 0 Å². The maximum Gasteiger partial charge on any atom is 0.152 e. The van der Waals surface area contributed by atoms with E-state index in [0.717, 1.165) is 0 Å². The quantitative estimate of drug-likeness (QED) is 0.595. The summed E-state index contributed by atoms with van der Waals surface area (Å²) in [6.45, 7) is 0. The fourth-order valence-corrected chi connectivity index (χ4v) is 1.64. The summed E-state index contributed by atoms with van der Waals surface area (Å²) in [4.78, 5) is 0.683. The molecule has 0 aromatic carbocycles. The van der Waals surface area contributed by atoms with Crippen molar-refractivity contribution in [1.82, 2.24) is 14.9 Å². The summed E-state index contributed by atoms with van der Waals surface area (Å²) in [6.07, 6.45) is 4.87. The van der Waals surface area contributed by atoms with Gasteiger partial charge in [-0.15, -0.1) is 5.10 Å². The van der Waals surface area contributed by atoms with Gasteiger partial charge in [0.05, 0.1) is 11.1 Å². The largest absolute Gasteiger partial charge is 0.308 e. The van der Waals surface area contributed by atoms with E-state index in [1.165, 1.54) is 6.20 Å². The Kier molecular flexibility index (Phi) is 1.43. The van der Waals surface area contributed by atoms with Gasteiger partial charge in [0.15, 0.2) is 11.0 Å². The highest BCUT2D eigenvalue weighted by Gasteiger charge is 2.11. The van der Waals surface area contributed by atoms with E-state index in [1.807, 2.05) is 0 Å². The fraction of sp³-hybridized carbons (Fsp3) is 0. The summed E-state index contributed by atoms with van der Waals surface area (Å²) in [5, 5.41) is 7.47. The van der Waals surface area contributed by atoms with Crippen molar-refractivity contribution in [3.8, 4) is 0 Å². The first kappa shape index (κ1) is 6.48. The zero-order valence-electron chi connectivity index (χ0n) is 5.52. The molecule has 1 aromatic rings. The number of rotatable bonds is 0. The van der Waals surface area contributed by atoms with Gasteiger partial charge in [-0.1, -0.05) is 0 Å². The van der Waals surface area contributed by atoms with Gasteiger partial charge in [-0.2, -0.15) is 5.10 Å². The van der Waals surface area contributed by atoms with Crippen LogP contribution in [0, 0.1) is 0 Å². The zero-order chi connectivity index (χ0) is 7.68. The van der Waals surface area contributed by atoms with Gasteiger partial charge in [0, 0.05) is 6.20 Å². The standard InChI is InChI=1S/C6H5N3OS/c10-11-6-2-3-7-9-5(6)1-4-8-11/h1-4,8H. The molecule has 56 valence electrons. The third kappa shape index (κ3) is 1.03. The summed E-state index contributed by atoms with van der Waals surface area (Å²) in [6, 6.07) is 1.69. The van der Waals surface area contributed by atoms with Gasteiger partial charge < -0.3 is 4.72 Å². The van der Waals surface area contributed by atoms with Gasteiger partial charge in [0.2, 0.25) is 0 Å². The molecule has 4 nitrogen and oxygen atoms in total. The van der Waals surface area contributed by atoms with Crippen molar-refractivity contribution in [2.75, 3.05) is 0 Å². The molecule has 0 bridgehead atoms. The third-order valence-corrected chi connectivity index (χ3v) is 2.42. The van der Waals surface area contributed by atoms with Crippen molar-refractivity contribution in [2.45, 2.75) is 4.90 Å². The Bertz CT molecular complexity index is 336. The van der Waals surface area contributed by atoms with Crippen LogP contribution in [0.4, 0.5) is 0 Å². The van der Waals surface area contributed by atoms with Gasteiger partial charge in [0.1, 0.15) is 5.69 Å². The smallest absolute Gasteiger partial charge is 0.152 e. The van der Waals surface area contributed by atoms with Crippen LogP contribution in [0.15, 0.2) is 23.4 Å². The molecule has 1 aliphatic rings. The summed E-state index contributed by atoms with van der Waals surface area (Å²) in [7, 11) is -1.15. The van der Waals surface area contributed by atoms with Crippen LogP contribution >= 0.6 is 0 Å². The second kappa shape index (κ2) is 2.43. The minimum Gasteiger partial charge on any atom is -0.308 e. The topological polar surface area (TPSA) is 54.9 Å². The number of nitrogens with one attached hydrogen (secondary N) is 1. The van der Waals surface area contributed by atoms with Gasteiger partial charge in [-0.05, 0) is 12.1 Å². The normalized spacial score (nSPS) is 20.5. The molecule has 2 rings (SSSR count). The Labute approximate surface area is 65.9 Å². The van der Waals surface area contributed by atoms with Crippen LogP contribution in [-0.2, 0) is 11.0 Å². The summed E-state index contributed by atoms with van der Waals surface area (Å²) in [5.41, 5.74) is 0.671. The van der Waals surface area contributed by atoms with E-state index in [0.29, 0.717) is 10.6 Å². The van der Waals surface area contributed by atoms with Gasteiger partial charge in [-0.25, -0.2) is 4.21 Å². The van der Waals surface area contributed by atoms with Crippen LogP contribution < -0.4 is 4.72 Å². The number of fused-ring (bicyclic) bond motifs is 1. The predicted octanol–water partition coefficient (Wildman–Crippen LogP) is 0.0731. The maximum atomic E-state index is 11.2. The van der Waals surface area contributed by atoms with Crippen molar-refractivity contribution in [3.63, 3.8) is 0 Å². The third-order valence-electron chi connectivity index (χ3n) is 1.33. The number of hydrogen-bond acceptors (Lipinski definition) is 3. The minimum atomic E-state index is -1.15. The monoisotopic (exact) mass is 167 g/mol. The van der Waals surface area contributed by atoms with Crippen LogP contribution in [0.25, 0.3) is 6.08 Å². The molecule has 1 aliphatic heterocycles. The van der Waals surface area contributed by atoms with Crippen LogP contribution in [0.3, 0.4) is 0 Å². The minimum absolute atomic E-state index is 0.671. The number of aromatic nitrogens is 2. The average molecular weight is 167 g/mol. The maximum absolute atomic E-state index is 11.2. The van der Waals surface area contributed by atoms with Crippen LogP contribution in [0.1, 0.15) is 5.69 Å². The van der Waals surface area contributed by atoms with E-state index in [-0.39, 0.29) is 0 Å². The molecule has 1 N–H and O–H groups in total. The van der Waals surface area contributed by atoms with Crippen molar-refractivity contribution < 1.29 is 4.21 Å². The summed E-state index contributed by atoms with van der Waals surface area (Å²) < 4.78 is 13.8.